The first-order valence-corrected chi connectivity index (χ1v) is 13.0. The van der Waals surface area contributed by atoms with Crippen LogP contribution in [0.1, 0.15) is 23.1 Å². The van der Waals surface area contributed by atoms with Crippen molar-refractivity contribution in [2.24, 2.45) is 0 Å². The third kappa shape index (κ3) is 5.55. The monoisotopic (exact) mass is 495 g/mol. The molecule has 0 atom stereocenters. The molecule has 0 bridgehead atoms. The van der Waals surface area contributed by atoms with Crippen molar-refractivity contribution in [3.8, 4) is 5.75 Å². The summed E-state index contributed by atoms with van der Waals surface area (Å²) in [5.41, 5.74) is 4.23. The molecule has 0 aliphatic carbocycles. The van der Waals surface area contributed by atoms with E-state index in [-0.39, 0.29) is 15.9 Å². The Bertz CT molecular complexity index is 1430. The number of thiazole rings is 1. The Labute approximate surface area is 202 Å². The van der Waals surface area contributed by atoms with Crippen LogP contribution in [-0.4, -0.2) is 26.4 Å². The molecule has 1 amide bonds. The van der Waals surface area contributed by atoms with E-state index in [0.29, 0.717) is 24.0 Å². The molecule has 9 heteroatoms. The zero-order chi connectivity index (χ0) is 24.3. The fourth-order valence-electron chi connectivity index (χ4n) is 3.48. The summed E-state index contributed by atoms with van der Waals surface area (Å²) in [5, 5.41) is 3.21. The van der Waals surface area contributed by atoms with Crippen molar-refractivity contribution < 1.29 is 17.9 Å². The molecule has 0 radical (unpaired) electrons. The second-order valence-electron chi connectivity index (χ2n) is 7.97. The number of fused-ring (bicyclic) bond motifs is 1. The van der Waals surface area contributed by atoms with E-state index in [1.54, 1.807) is 31.4 Å². The number of carbonyl (C=O) groups excluding carboxylic acids is 1. The molecule has 176 valence electrons. The quantitative estimate of drug-likeness (QED) is 0.346. The summed E-state index contributed by atoms with van der Waals surface area (Å²) in [6, 6.07) is 17.9. The largest absolute Gasteiger partial charge is 0.497 e. The summed E-state index contributed by atoms with van der Waals surface area (Å²) >= 11 is 1.23. The Morgan fingerprint density at radius 3 is 2.41 bits per heavy atom. The van der Waals surface area contributed by atoms with Crippen LogP contribution in [-0.2, 0) is 21.2 Å². The molecule has 4 aromatic rings. The maximum Gasteiger partial charge on any atom is 0.263 e. The number of anilines is 2. The molecule has 0 fully saturated rings. The molecule has 7 nitrogen and oxygen atoms in total. The Balaban J connectivity index is 1.45. The van der Waals surface area contributed by atoms with Gasteiger partial charge in [-0.25, -0.2) is 13.4 Å². The lowest BCUT2D eigenvalue weighted by molar-refractivity contribution is -0.116. The number of methoxy groups -OCH3 is 1. The van der Waals surface area contributed by atoms with Crippen LogP contribution in [0.5, 0.6) is 5.75 Å². The van der Waals surface area contributed by atoms with Gasteiger partial charge in [0.2, 0.25) is 5.91 Å². The molecular formula is C25H25N3O4S2. The molecule has 1 heterocycles. The molecule has 0 saturated heterocycles. The number of ether oxygens (including phenoxy) is 1. The maximum atomic E-state index is 12.7. The van der Waals surface area contributed by atoms with E-state index in [1.165, 1.54) is 11.3 Å². The van der Waals surface area contributed by atoms with Gasteiger partial charge in [-0.1, -0.05) is 41.2 Å². The standard InChI is InChI=1S/C25H25N3O4S2/c1-16-4-11-21(12-5-16)34(30,31)28-25-27-24-17(2)14-19(15-22(24)33-25)26-23(29)13-8-18-6-9-20(32-3)10-7-18/h4-7,9-12,14-15H,8,13H2,1-3H3,(H,26,29)(H,27,28). The van der Waals surface area contributed by atoms with Crippen LogP contribution in [0.2, 0.25) is 0 Å². The molecule has 4 rings (SSSR count). The first-order chi connectivity index (χ1) is 16.2. The summed E-state index contributed by atoms with van der Waals surface area (Å²) in [5.74, 6) is 0.682. The molecule has 3 aromatic carbocycles. The predicted molar refractivity (Wildman–Crippen MR) is 136 cm³/mol. The van der Waals surface area contributed by atoms with Crippen molar-refractivity contribution in [1.82, 2.24) is 4.98 Å². The Morgan fingerprint density at radius 1 is 1.03 bits per heavy atom. The molecule has 0 saturated carbocycles. The number of aryl methyl sites for hydroxylation is 3. The van der Waals surface area contributed by atoms with Gasteiger partial charge in [0.25, 0.3) is 10.0 Å². The Hall–Kier alpha value is -3.43. The second kappa shape index (κ2) is 9.82. The average Bonchev–Trinajstić information content (AvgIpc) is 3.20. The summed E-state index contributed by atoms with van der Waals surface area (Å²) in [6.45, 7) is 3.78. The Kier molecular flexibility index (Phi) is 6.85. The van der Waals surface area contributed by atoms with Gasteiger partial charge in [-0.15, -0.1) is 0 Å². The number of rotatable bonds is 8. The van der Waals surface area contributed by atoms with E-state index in [1.807, 2.05) is 50.2 Å². The zero-order valence-electron chi connectivity index (χ0n) is 19.1. The van der Waals surface area contributed by atoms with Gasteiger partial charge >= 0.3 is 0 Å². The number of hydrogen-bond donors (Lipinski definition) is 2. The zero-order valence-corrected chi connectivity index (χ0v) is 20.7. The average molecular weight is 496 g/mol. The minimum Gasteiger partial charge on any atom is -0.497 e. The summed E-state index contributed by atoms with van der Waals surface area (Å²) in [6.07, 6.45) is 0.955. The van der Waals surface area contributed by atoms with E-state index in [4.69, 9.17) is 4.74 Å². The number of hydrogen-bond acceptors (Lipinski definition) is 6. The van der Waals surface area contributed by atoms with Crippen molar-refractivity contribution in [3.63, 3.8) is 0 Å². The van der Waals surface area contributed by atoms with E-state index < -0.39 is 10.0 Å². The molecule has 0 aliphatic heterocycles. The first-order valence-electron chi connectivity index (χ1n) is 10.7. The predicted octanol–water partition coefficient (Wildman–Crippen LogP) is 5.29. The van der Waals surface area contributed by atoms with Gasteiger partial charge in [0.1, 0.15) is 5.75 Å². The van der Waals surface area contributed by atoms with E-state index >= 15 is 0 Å². The highest BCUT2D eigenvalue weighted by Gasteiger charge is 2.17. The van der Waals surface area contributed by atoms with Crippen molar-refractivity contribution >= 4 is 48.3 Å². The van der Waals surface area contributed by atoms with E-state index in [2.05, 4.69) is 15.0 Å². The summed E-state index contributed by atoms with van der Waals surface area (Å²) < 4.78 is 33.9. The van der Waals surface area contributed by atoms with Crippen molar-refractivity contribution in [2.75, 3.05) is 17.1 Å². The number of nitrogens with zero attached hydrogens (tertiary/aromatic N) is 1. The van der Waals surface area contributed by atoms with Crippen LogP contribution in [0.15, 0.2) is 65.6 Å². The lowest BCUT2D eigenvalue weighted by Crippen LogP contribution is -2.12. The number of carbonyl (C=O) groups is 1. The van der Waals surface area contributed by atoms with Gasteiger partial charge in [-0.2, -0.15) is 0 Å². The van der Waals surface area contributed by atoms with Gasteiger partial charge in [0.15, 0.2) is 5.13 Å². The number of benzene rings is 3. The summed E-state index contributed by atoms with van der Waals surface area (Å²) in [7, 11) is -2.12. The first kappa shape index (κ1) is 23.7. The highest BCUT2D eigenvalue weighted by Crippen LogP contribution is 2.32. The second-order valence-corrected chi connectivity index (χ2v) is 10.7. The molecule has 0 unspecified atom stereocenters. The topological polar surface area (TPSA) is 97.4 Å². The smallest absolute Gasteiger partial charge is 0.263 e. The third-order valence-electron chi connectivity index (χ3n) is 5.32. The molecule has 2 N–H and O–H groups in total. The maximum absolute atomic E-state index is 12.7. The van der Waals surface area contributed by atoms with Crippen molar-refractivity contribution in [3.05, 3.63) is 77.4 Å². The molecule has 0 spiro atoms. The van der Waals surface area contributed by atoms with Gasteiger partial charge in [0, 0.05) is 12.1 Å². The van der Waals surface area contributed by atoms with Gasteiger partial charge in [-0.05, 0) is 67.8 Å². The van der Waals surface area contributed by atoms with Crippen LogP contribution in [0.4, 0.5) is 10.8 Å². The summed E-state index contributed by atoms with van der Waals surface area (Å²) in [4.78, 5) is 17.1. The lowest BCUT2D eigenvalue weighted by Gasteiger charge is -2.07. The molecule has 34 heavy (non-hydrogen) atoms. The fourth-order valence-corrected chi connectivity index (χ4v) is 5.70. The minimum absolute atomic E-state index is 0.0978. The minimum atomic E-state index is -3.74. The molecule has 1 aromatic heterocycles. The Morgan fingerprint density at radius 2 is 1.74 bits per heavy atom. The third-order valence-corrected chi connectivity index (χ3v) is 7.72. The highest BCUT2D eigenvalue weighted by atomic mass is 32.2. The van der Waals surface area contributed by atoms with Crippen LogP contribution in [0, 0.1) is 13.8 Å². The van der Waals surface area contributed by atoms with E-state index in [9.17, 15) is 13.2 Å². The lowest BCUT2D eigenvalue weighted by atomic mass is 10.1. The number of aromatic nitrogens is 1. The SMILES string of the molecule is COc1ccc(CCC(=O)Nc2cc(C)c3nc(NS(=O)(=O)c4ccc(C)cc4)sc3c2)cc1. The van der Waals surface area contributed by atoms with Gasteiger partial charge < -0.3 is 10.1 Å². The van der Waals surface area contributed by atoms with Gasteiger partial charge in [-0.3, -0.25) is 9.52 Å². The van der Waals surface area contributed by atoms with Crippen LogP contribution in [0.25, 0.3) is 10.2 Å². The number of sulfonamides is 1. The van der Waals surface area contributed by atoms with Crippen LogP contribution >= 0.6 is 11.3 Å². The fraction of sp³-hybridized carbons (Fsp3) is 0.200. The van der Waals surface area contributed by atoms with Gasteiger partial charge in [0.05, 0.1) is 22.2 Å². The normalized spacial score (nSPS) is 11.4. The van der Waals surface area contributed by atoms with E-state index in [0.717, 1.165) is 27.1 Å². The highest BCUT2D eigenvalue weighted by molar-refractivity contribution is 7.93. The molecular weight excluding hydrogens is 470 g/mol. The number of amides is 1. The van der Waals surface area contributed by atoms with Crippen molar-refractivity contribution in [2.45, 2.75) is 31.6 Å². The van der Waals surface area contributed by atoms with Crippen LogP contribution in [0.3, 0.4) is 0 Å². The van der Waals surface area contributed by atoms with Crippen LogP contribution < -0.4 is 14.8 Å². The number of nitrogens with one attached hydrogen (secondary N) is 2. The van der Waals surface area contributed by atoms with Crippen molar-refractivity contribution in [1.29, 1.82) is 0 Å². The molecule has 0 aliphatic rings.